The van der Waals surface area contributed by atoms with Gasteiger partial charge in [0.2, 0.25) is 5.69 Å². The van der Waals surface area contributed by atoms with Crippen molar-refractivity contribution in [3.63, 3.8) is 0 Å². The molecule has 27 heavy (non-hydrogen) atoms. The molecule has 0 fully saturated rings. The van der Waals surface area contributed by atoms with E-state index in [1.807, 2.05) is 0 Å². The molecule has 0 saturated heterocycles. The van der Waals surface area contributed by atoms with E-state index in [4.69, 9.17) is 0 Å². The smallest absolute Gasteiger partial charge is 0.193 e. The summed E-state index contributed by atoms with van der Waals surface area (Å²) in [5, 5.41) is 5.10. The fourth-order valence-corrected chi connectivity index (χ4v) is 3.83. The molecule has 1 aromatic heterocycles. The van der Waals surface area contributed by atoms with Crippen LogP contribution in [0.2, 0.25) is 0 Å². The second-order valence-electron chi connectivity index (χ2n) is 6.93. The van der Waals surface area contributed by atoms with E-state index < -0.39 is 0 Å². The van der Waals surface area contributed by atoms with Gasteiger partial charge in [0, 0.05) is 17.2 Å². The molecule has 1 heteroatoms. The van der Waals surface area contributed by atoms with E-state index in [1.54, 1.807) is 0 Å². The third-order valence-electron chi connectivity index (χ3n) is 5.16. The van der Waals surface area contributed by atoms with Gasteiger partial charge in [-0.05, 0) is 34.4 Å². The van der Waals surface area contributed by atoms with Crippen LogP contribution in [0.15, 0.2) is 109 Å². The first-order valence-electron chi connectivity index (χ1n) is 9.33. The maximum absolute atomic E-state index is 2.36. The van der Waals surface area contributed by atoms with Crippen LogP contribution in [-0.2, 0) is 6.54 Å². The van der Waals surface area contributed by atoms with Crippen molar-refractivity contribution in [3.05, 3.63) is 115 Å². The molecule has 5 rings (SSSR count). The van der Waals surface area contributed by atoms with Crippen molar-refractivity contribution in [2.45, 2.75) is 6.54 Å². The van der Waals surface area contributed by atoms with Gasteiger partial charge in [0.15, 0.2) is 12.7 Å². The third-order valence-corrected chi connectivity index (χ3v) is 5.16. The summed E-state index contributed by atoms with van der Waals surface area (Å²) in [6.45, 7) is 0.855. The van der Waals surface area contributed by atoms with Gasteiger partial charge >= 0.3 is 0 Å². The number of hydrogen-bond donors (Lipinski definition) is 0. The molecule has 0 atom stereocenters. The molecule has 0 aliphatic rings. The average molecular weight is 346 g/mol. The Balaban J connectivity index is 1.75. The molecule has 5 aromatic rings. The summed E-state index contributed by atoms with van der Waals surface area (Å²) < 4.78 is 2.36. The molecule has 0 aliphatic heterocycles. The molecule has 128 valence electrons. The molecule has 0 saturated carbocycles. The first-order chi connectivity index (χ1) is 13.4. The summed E-state index contributed by atoms with van der Waals surface area (Å²) in [6, 6.07) is 36.8. The van der Waals surface area contributed by atoms with Gasteiger partial charge in [0.25, 0.3) is 0 Å². The van der Waals surface area contributed by atoms with Gasteiger partial charge in [-0.1, -0.05) is 78.9 Å². The lowest BCUT2D eigenvalue weighted by molar-refractivity contribution is -0.676. The van der Waals surface area contributed by atoms with Gasteiger partial charge in [-0.25, -0.2) is 0 Å². The average Bonchev–Trinajstić information content (AvgIpc) is 2.74. The van der Waals surface area contributed by atoms with Gasteiger partial charge in [0.05, 0.1) is 5.39 Å². The van der Waals surface area contributed by atoms with Gasteiger partial charge in [0.1, 0.15) is 0 Å². The highest BCUT2D eigenvalue weighted by Gasteiger charge is 2.18. The highest BCUT2D eigenvalue weighted by Crippen LogP contribution is 2.28. The summed E-state index contributed by atoms with van der Waals surface area (Å²) in [4.78, 5) is 0. The van der Waals surface area contributed by atoms with Gasteiger partial charge in [-0.2, -0.15) is 4.57 Å². The number of nitrogens with zero attached hydrogens (tertiary/aromatic N) is 1. The van der Waals surface area contributed by atoms with Crippen LogP contribution in [-0.4, -0.2) is 0 Å². The van der Waals surface area contributed by atoms with Crippen molar-refractivity contribution in [3.8, 4) is 11.3 Å². The first kappa shape index (κ1) is 15.8. The molecule has 0 unspecified atom stereocenters. The fraction of sp³-hybridized carbons (Fsp3) is 0.0385. The van der Waals surface area contributed by atoms with Gasteiger partial charge in [-0.3, -0.25) is 0 Å². The van der Waals surface area contributed by atoms with Crippen molar-refractivity contribution in [2.24, 2.45) is 0 Å². The summed E-state index contributed by atoms with van der Waals surface area (Å²) in [5.74, 6) is 0. The van der Waals surface area contributed by atoms with Crippen LogP contribution in [0.3, 0.4) is 0 Å². The second kappa shape index (κ2) is 6.69. The molecule has 0 N–H and O–H groups in total. The molecule has 0 radical (unpaired) electrons. The van der Waals surface area contributed by atoms with Crippen LogP contribution >= 0.6 is 0 Å². The largest absolute Gasteiger partial charge is 0.220 e. The van der Waals surface area contributed by atoms with E-state index in [9.17, 15) is 0 Å². The van der Waals surface area contributed by atoms with Crippen molar-refractivity contribution < 1.29 is 4.57 Å². The van der Waals surface area contributed by atoms with E-state index in [0.29, 0.717) is 0 Å². The monoisotopic (exact) mass is 346 g/mol. The molecule has 0 bridgehead atoms. The normalized spacial score (nSPS) is 11.1. The van der Waals surface area contributed by atoms with E-state index in [-0.39, 0.29) is 0 Å². The van der Waals surface area contributed by atoms with E-state index >= 15 is 0 Å². The quantitative estimate of drug-likeness (QED) is 0.353. The second-order valence-corrected chi connectivity index (χ2v) is 6.93. The lowest BCUT2D eigenvalue weighted by Gasteiger charge is -2.09. The Labute approximate surface area is 159 Å². The topological polar surface area (TPSA) is 3.88 Å². The minimum Gasteiger partial charge on any atom is -0.193 e. The Bertz CT molecular complexity index is 1240. The summed E-state index contributed by atoms with van der Waals surface area (Å²) in [6.07, 6.45) is 2.21. The fourth-order valence-electron chi connectivity index (χ4n) is 3.83. The predicted molar refractivity (Wildman–Crippen MR) is 113 cm³/mol. The summed E-state index contributed by atoms with van der Waals surface area (Å²) >= 11 is 0. The van der Waals surface area contributed by atoms with E-state index in [2.05, 4.69) is 114 Å². The molecule has 0 aliphatic carbocycles. The predicted octanol–water partition coefficient (Wildman–Crippen LogP) is 6.00. The molecule has 0 spiro atoms. The first-order valence-corrected chi connectivity index (χ1v) is 9.33. The number of rotatable bonds is 3. The number of benzene rings is 4. The zero-order chi connectivity index (χ0) is 18.1. The Morgan fingerprint density at radius 3 is 2.11 bits per heavy atom. The Morgan fingerprint density at radius 1 is 0.556 bits per heavy atom. The highest BCUT2D eigenvalue weighted by atomic mass is 15.0. The molecular formula is C26H20N+. The zero-order valence-electron chi connectivity index (χ0n) is 15.0. The number of fused-ring (bicyclic) bond motifs is 2. The van der Waals surface area contributed by atoms with E-state index in [1.165, 1.54) is 38.4 Å². The Hall–Kier alpha value is -3.45. The van der Waals surface area contributed by atoms with Gasteiger partial charge < -0.3 is 0 Å². The lowest BCUT2D eigenvalue weighted by Crippen LogP contribution is -2.36. The Kier molecular flexibility index (Phi) is 3.91. The van der Waals surface area contributed by atoms with Crippen LogP contribution in [0.5, 0.6) is 0 Å². The molecule has 1 heterocycles. The lowest BCUT2D eigenvalue weighted by atomic mass is 10.00. The minimum absolute atomic E-state index is 0.855. The van der Waals surface area contributed by atoms with Crippen LogP contribution in [0.4, 0.5) is 0 Å². The standard InChI is InChI=1S/C26H20N/c1-2-8-20(9-3-1)19-27-17-16-22-11-6-7-13-25(22)26(27)24-15-14-21-10-4-5-12-23(21)18-24/h1-18H,19H2/q+1. The van der Waals surface area contributed by atoms with Crippen molar-refractivity contribution in [2.75, 3.05) is 0 Å². The van der Waals surface area contributed by atoms with Gasteiger partial charge in [-0.15, -0.1) is 0 Å². The maximum Gasteiger partial charge on any atom is 0.220 e. The van der Waals surface area contributed by atoms with Crippen LogP contribution < -0.4 is 4.57 Å². The number of aromatic nitrogens is 1. The maximum atomic E-state index is 2.36. The van der Waals surface area contributed by atoms with Crippen molar-refractivity contribution >= 4 is 21.5 Å². The van der Waals surface area contributed by atoms with Crippen LogP contribution in [0.1, 0.15) is 5.56 Å². The molecular weight excluding hydrogens is 326 g/mol. The SMILES string of the molecule is c1ccc(C[n+]2ccc3ccccc3c2-c2ccc3ccccc3c2)cc1. The summed E-state index contributed by atoms with van der Waals surface area (Å²) in [7, 11) is 0. The van der Waals surface area contributed by atoms with E-state index in [0.717, 1.165) is 6.54 Å². The number of pyridine rings is 1. The summed E-state index contributed by atoms with van der Waals surface area (Å²) in [5.41, 5.74) is 3.82. The third kappa shape index (κ3) is 2.98. The van der Waals surface area contributed by atoms with Crippen LogP contribution in [0.25, 0.3) is 32.8 Å². The highest BCUT2D eigenvalue weighted by molar-refractivity contribution is 5.95. The molecule has 0 amide bonds. The number of hydrogen-bond acceptors (Lipinski definition) is 0. The van der Waals surface area contributed by atoms with Crippen molar-refractivity contribution in [1.82, 2.24) is 0 Å². The van der Waals surface area contributed by atoms with Crippen molar-refractivity contribution in [1.29, 1.82) is 0 Å². The van der Waals surface area contributed by atoms with Crippen LogP contribution in [0, 0.1) is 0 Å². The molecule has 1 nitrogen and oxygen atoms in total. The zero-order valence-corrected chi connectivity index (χ0v) is 15.0. The Morgan fingerprint density at radius 2 is 1.26 bits per heavy atom. The molecule has 4 aromatic carbocycles. The minimum atomic E-state index is 0.855.